The fourth-order valence-electron chi connectivity index (χ4n) is 4.78. The first-order valence-electron chi connectivity index (χ1n) is 14.1. The Morgan fingerprint density at radius 2 is 1.95 bits per heavy atom. The normalized spacial score (nSPS) is 15.6. The SMILES string of the molecule is C=C(NC[C@H](O)[C@@H](N)C[C@@H](C(C)C)[C@H](O)c1ccc2cnn(CCCOCC)c2c1)C(C)(C)CCCC. The van der Waals surface area contributed by atoms with Crippen LogP contribution in [0.25, 0.3) is 10.9 Å². The molecule has 210 valence electrons. The van der Waals surface area contributed by atoms with Crippen LogP contribution in [0.5, 0.6) is 0 Å². The van der Waals surface area contributed by atoms with E-state index >= 15 is 0 Å². The highest BCUT2D eigenvalue weighted by molar-refractivity contribution is 5.79. The molecule has 1 heterocycles. The van der Waals surface area contributed by atoms with Crippen molar-refractivity contribution in [1.29, 1.82) is 0 Å². The van der Waals surface area contributed by atoms with Crippen LogP contribution < -0.4 is 11.1 Å². The molecule has 7 nitrogen and oxygen atoms in total. The molecular formula is C30H52N4O3. The molecule has 0 radical (unpaired) electrons. The Bertz CT molecular complexity index is 955. The zero-order chi connectivity index (χ0) is 27.6. The third-order valence-corrected chi connectivity index (χ3v) is 7.67. The van der Waals surface area contributed by atoms with Crippen LogP contribution in [0.1, 0.15) is 85.3 Å². The molecule has 0 unspecified atom stereocenters. The lowest BCUT2D eigenvalue weighted by Crippen LogP contribution is -2.44. The van der Waals surface area contributed by atoms with E-state index in [1.165, 1.54) is 0 Å². The number of hydrogen-bond donors (Lipinski definition) is 4. The summed E-state index contributed by atoms with van der Waals surface area (Å²) in [5.41, 5.74) is 9.22. The number of nitrogens with zero attached hydrogens (tertiary/aromatic N) is 2. The smallest absolute Gasteiger partial charge is 0.0863 e. The van der Waals surface area contributed by atoms with Gasteiger partial charge in [0.1, 0.15) is 0 Å². The van der Waals surface area contributed by atoms with E-state index in [1.807, 2.05) is 36.0 Å². The highest BCUT2D eigenvalue weighted by Crippen LogP contribution is 2.34. The number of unbranched alkanes of at least 4 members (excludes halogenated alkanes) is 1. The lowest BCUT2D eigenvalue weighted by atomic mass is 9.81. The standard InChI is InChI=1S/C30H52N4O3/c1-8-10-14-30(6,7)22(5)32-20-28(35)26(31)18-25(21(3)4)29(36)23-12-13-24-19-33-34(27(24)17-23)15-11-16-37-9-2/h12-13,17,19,21,25-26,28-29,32,35-36H,5,8-11,14-16,18,20,31H2,1-4,6-7H3/t25-,26-,28-,29+/m0/s1. The Labute approximate surface area is 224 Å². The molecule has 2 aromatic rings. The van der Waals surface area contributed by atoms with Gasteiger partial charge in [-0.3, -0.25) is 4.68 Å². The summed E-state index contributed by atoms with van der Waals surface area (Å²) in [5.74, 6) is 0.0941. The Morgan fingerprint density at radius 1 is 1.22 bits per heavy atom. The summed E-state index contributed by atoms with van der Waals surface area (Å²) < 4.78 is 7.44. The van der Waals surface area contributed by atoms with E-state index in [4.69, 9.17) is 10.5 Å². The highest BCUT2D eigenvalue weighted by atomic mass is 16.5. The Balaban J connectivity index is 2.04. The van der Waals surface area contributed by atoms with Crippen LogP contribution in [0.2, 0.25) is 0 Å². The molecule has 1 aromatic heterocycles. The van der Waals surface area contributed by atoms with Crippen LogP contribution in [-0.2, 0) is 11.3 Å². The summed E-state index contributed by atoms with van der Waals surface area (Å²) in [6, 6.07) is 5.56. The van der Waals surface area contributed by atoms with Gasteiger partial charge in [-0.15, -0.1) is 0 Å². The third kappa shape index (κ3) is 9.10. The number of ether oxygens (including phenoxy) is 1. The minimum absolute atomic E-state index is 0.0370. The number of fused-ring (bicyclic) bond motifs is 1. The molecule has 0 amide bonds. The van der Waals surface area contributed by atoms with Crippen molar-refractivity contribution in [2.45, 2.75) is 98.4 Å². The molecular weight excluding hydrogens is 464 g/mol. The van der Waals surface area contributed by atoms with Gasteiger partial charge in [-0.25, -0.2) is 0 Å². The van der Waals surface area contributed by atoms with Crippen molar-refractivity contribution in [2.24, 2.45) is 23.0 Å². The molecule has 2 rings (SSSR count). The lowest BCUT2D eigenvalue weighted by molar-refractivity contribution is 0.0526. The van der Waals surface area contributed by atoms with E-state index in [-0.39, 0.29) is 17.3 Å². The van der Waals surface area contributed by atoms with Crippen LogP contribution in [0.15, 0.2) is 36.7 Å². The summed E-state index contributed by atoms with van der Waals surface area (Å²) >= 11 is 0. The topological polar surface area (TPSA) is 106 Å². The molecule has 37 heavy (non-hydrogen) atoms. The summed E-state index contributed by atoms with van der Waals surface area (Å²) in [6.45, 7) is 19.5. The monoisotopic (exact) mass is 516 g/mol. The van der Waals surface area contributed by atoms with Gasteiger partial charge in [0.25, 0.3) is 0 Å². The maximum absolute atomic E-state index is 11.4. The van der Waals surface area contributed by atoms with Crippen LogP contribution >= 0.6 is 0 Å². The van der Waals surface area contributed by atoms with Crippen molar-refractivity contribution >= 4 is 10.9 Å². The second kappa shape index (κ2) is 14.9. The number of aromatic nitrogens is 2. The largest absolute Gasteiger partial charge is 0.390 e. The van der Waals surface area contributed by atoms with Crippen molar-refractivity contribution in [3.05, 3.63) is 42.2 Å². The summed E-state index contributed by atoms with van der Waals surface area (Å²) in [7, 11) is 0. The number of allylic oxidation sites excluding steroid dienone is 1. The summed E-state index contributed by atoms with van der Waals surface area (Å²) in [4.78, 5) is 0. The Hall–Kier alpha value is -1.93. The van der Waals surface area contributed by atoms with Gasteiger partial charge in [-0.1, -0.05) is 66.2 Å². The van der Waals surface area contributed by atoms with Gasteiger partial charge in [0.15, 0.2) is 0 Å². The molecule has 0 aliphatic heterocycles. The number of aliphatic hydroxyl groups is 2. The molecule has 0 bridgehead atoms. The van der Waals surface area contributed by atoms with Gasteiger partial charge in [0.2, 0.25) is 0 Å². The maximum Gasteiger partial charge on any atom is 0.0863 e. The van der Waals surface area contributed by atoms with Crippen molar-refractivity contribution in [3.63, 3.8) is 0 Å². The summed E-state index contributed by atoms with van der Waals surface area (Å²) in [6.07, 6.45) is 5.17. The number of nitrogens with two attached hydrogens (primary N) is 1. The minimum atomic E-state index is -0.735. The van der Waals surface area contributed by atoms with Crippen LogP contribution in [0.3, 0.4) is 0 Å². The number of hydrogen-bond acceptors (Lipinski definition) is 6. The zero-order valence-electron chi connectivity index (χ0n) is 24.0. The molecule has 0 aliphatic rings. The molecule has 1 aromatic carbocycles. The van der Waals surface area contributed by atoms with E-state index in [0.29, 0.717) is 26.2 Å². The van der Waals surface area contributed by atoms with Gasteiger partial charge < -0.3 is 26.0 Å². The van der Waals surface area contributed by atoms with Crippen LogP contribution in [0, 0.1) is 17.3 Å². The predicted molar refractivity (Wildman–Crippen MR) is 153 cm³/mol. The van der Waals surface area contributed by atoms with E-state index in [1.54, 1.807) is 0 Å². The molecule has 0 spiro atoms. The molecule has 4 atom stereocenters. The molecule has 0 saturated heterocycles. The Kier molecular flexibility index (Phi) is 12.6. The molecule has 0 saturated carbocycles. The second-order valence-corrected chi connectivity index (χ2v) is 11.4. The lowest BCUT2D eigenvalue weighted by Gasteiger charge is -2.32. The van der Waals surface area contributed by atoms with Gasteiger partial charge in [-0.05, 0) is 49.7 Å². The number of benzene rings is 1. The molecule has 7 heteroatoms. The molecule has 0 fully saturated rings. The minimum Gasteiger partial charge on any atom is -0.390 e. The first-order chi connectivity index (χ1) is 17.5. The van der Waals surface area contributed by atoms with Gasteiger partial charge in [0, 0.05) is 48.8 Å². The Morgan fingerprint density at radius 3 is 2.59 bits per heavy atom. The van der Waals surface area contributed by atoms with Crippen LogP contribution in [-0.4, -0.2) is 51.9 Å². The quantitative estimate of drug-likeness (QED) is 0.204. The van der Waals surface area contributed by atoms with Gasteiger partial charge in [-0.2, -0.15) is 5.10 Å². The van der Waals surface area contributed by atoms with Crippen LogP contribution in [0.4, 0.5) is 0 Å². The first kappa shape index (κ1) is 31.3. The number of rotatable bonds is 18. The number of aryl methyl sites for hydroxylation is 1. The second-order valence-electron chi connectivity index (χ2n) is 11.4. The average molecular weight is 517 g/mol. The number of aliphatic hydroxyl groups excluding tert-OH is 2. The zero-order valence-corrected chi connectivity index (χ0v) is 24.0. The molecule has 5 N–H and O–H groups in total. The van der Waals surface area contributed by atoms with E-state index in [0.717, 1.165) is 54.4 Å². The highest BCUT2D eigenvalue weighted by Gasteiger charge is 2.30. The van der Waals surface area contributed by atoms with Crippen molar-refractivity contribution in [1.82, 2.24) is 15.1 Å². The predicted octanol–water partition coefficient (Wildman–Crippen LogP) is 5.17. The van der Waals surface area contributed by atoms with Gasteiger partial charge in [0.05, 0.1) is 23.9 Å². The summed E-state index contributed by atoms with van der Waals surface area (Å²) in [5, 5.41) is 31.1. The van der Waals surface area contributed by atoms with Crippen molar-refractivity contribution < 1.29 is 14.9 Å². The van der Waals surface area contributed by atoms with Crippen molar-refractivity contribution in [3.8, 4) is 0 Å². The van der Waals surface area contributed by atoms with Gasteiger partial charge >= 0.3 is 0 Å². The maximum atomic E-state index is 11.4. The van der Waals surface area contributed by atoms with Crippen molar-refractivity contribution in [2.75, 3.05) is 19.8 Å². The first-order valence-corrected chi connectivity index (χ1v) is 14.1. The third-order valence-electron chi connectivity index (χ3n) is 7.67. The fourth-order valence-corrected chi connectivity index (χ4v) is 4.78. The van der Waals surface area contributed by atoms with E-state index in [2.05, 4.69) is 51.6 Å². The van der Waals surface area contributed by atoms with E-state index in [9.17, 15) is 10.2 Å². The number of nitrogens with one attached hydrogen (secondary N) is 1. The molecule has 0 aliphatic carbocycles. The average Bonchev–Trinajstić information content (AvgIpc) is 3.28. The fraction of sp³-hybridized carbons (Fsp3) is 0.700. The van der Waals surface area contributed by atoms with E-state index < -0.39 is 18.2 Å².